The zero-order valence-corrected chi connectivity index (χ0v) is 16.5. The number of nitrogens with zero attached hydrogens (tertiary/aromatic N) is 2. The van der Waals surface area contributed by atoms with E-state index in [1.54, 1.807) is 18.2 Å². The maximum absolute atomic E-state index is 13.3. The van der Waals surface area contributed by atoms with E-state index >= 15 is 0 Å². The van der Waals surface area contributed by atoms with Gasteiger partial charge in [0.15, 0.2) is 0 Å². The largest absolute Gasteiger partial charge is 0.548 e. The number of carbonyl (C=O) groups excluding carboxylic acids is 2. The number of thiophene rings is 1. The summed E-state index contributed by atoms with van der Waals surface area (Å²) >= 11 is 2.50. The smallest absolute Gasteiger partial charge is 0.230 e. The maximum atomic E-state index is 13.3. The molecule has 6 nitrogen and oxygen atoms in total. The highest BCUT2D eigenvalue weighted by Crippen LogP contribution is 2.35. The van der Waals surface area contributed by atoms with Gasteiger partial charge in [-0.2, -0.15) is 5.26 Å². The number of aliphatic carboxylic acids is 1. The topological polar surface area (TPSA) is 106 Å². The minimum atomic E-state index is -1.39. The Labute approximate surface area is 174 Å². The van der Waals surface area contributed by atoms with E-state index < -0.39 is 18.4 Å². The van der Waals surface area contributed by atoms with Gasteiger partial charge in [0.25, 0.3) is 0 Å². The molecule has 0 fully saturated rings. The fourth-order valence-electron chi connectivity index (χ4n) is 2.50. The van der Waals surface area contributed by atoms with Gasteiger partial charge >= 0.3 is 0 Å². The lowest BCUT2D eigenvalue weighted by molar-refractivity contribution is -0.303. The van der Waals surface area contributed by atoms with Crippen molar-refractivity contribution in [3.63, 3.8) is 0 Å². The molecule has 29 heavy (non-hydrogen) atoms. The van der Waals surface area contributed by atoms with Gasteiger partial charge < -0.3 is 15.2 Å². The second kappa shape index (κ2) is 9.32. The SMILES string of the molecule is N#Cc1c(-c2ccc(F)cc2)cc(-c2cccs2)nc1SCC(=O)NCC(=O)[O-]. The van der Waals surface area contributed by atoms with Gasteiger partial charge in [0.1, 0.15) is 16.9 Å². The Morgan fingerprint density at radius 2 is 2.03 bits per heavy atom. The first kappa shape index (κ1) is 20.5. The molecule has 0 radical (unpaired) electrons. The van der Waals surface area contributed by atoms with Crippen LogP contribution in [0.2, 0.25) is 0 Å². The molecule has 0 aliphatic rings. The van der Waals surface area contributed by atoms with Gasteiger partial charge in [-0.25, -0.2) is 9.37 Å². The van der Waals surface area contributed by atoms with E-state index in [0.29, 0.717) is 21.8 Å². The molecule has 1 amide bonds. The summed E-state index contributed by atoms with van der Waals surface area (Å²) < 4.78 is 13.3. The van der Waals surface area contributed by atoms with E-state index in [1.165, 1.54) is 23.5 Å². The standard InChI is InChI=1S/C20H14FN3O3S2/c21-13-5-3-12(4-6-13)14-8-16(17-2-1-7-28-17)24-20(15(14)9-22)29-11-18(25)23-10-19(26)27/h1-8H,10-11H2,(H,23,25)(H,26,27)/p-1. The van der Waals surface area contributed by atoms with Crippen LogP contribution in [0.3, 0.4) is 0 Å². The van der Waals surface area contributed by atoms with E-state index in [1.807, 2.05) is 17.5 Å². The lowest BCUT2D eigenvalue weighted by Gasteiger charge is -2.12. The van der Waals surface area contributed by atoms with E-state index in [9.17, 15) is 24.3 Å². The van der Waals surface area contributed by atoms with Crippen LogP contribution in [0, 0.1) is 17.1 Å². The van der Waals surface area contributed by atoms with Crippen molar-refractivity contribution in [2.24, 2.45) is 0 Å². The number of amides is 1. The Morgan fingerprint density at radius 1 is 1.28 bits per heavy atom. The number of pyridine rings is 1. The Balaban J connectivity index is 1.99. The van der Waals surface area contributed by atoms with Crippen LogP contribution < -0.4 is 10.4 Å². The molecular formula is C20H13FN3O3S2-. The summed E-state index contributed by atoms with van der Waals surface area (Å²) in [5, 5.41) is 24.6. The fourth-order valence-corrected chi connectivity index (χ4v) is 4.02. The molecule has 3 aromatic rings. The average Bonchev–Trinajstić information content (AvgIpc) is 3.25. The predicted octanol–water partition coefficient (Wildman–Crippen LogP) is 2.45. The highest BCUT2D eigenvalue weighted by atomic mass is 32.2. The van der Waals surface area contributed by atoms with Crippen LogP contribution in [-0.2, 0) is 9.59 Å². The number of hydrogen-bond donors (Lipinski definition) is 1. The third kappa shape index (κ3) is 5.19. The van der Waals surface area contributed by atoms with Crippen LogP contribution in [0.25, 0.3) is 21.7 Å². The Bertz CT molecular complexity index is 1080. The third-order valence-corrected chi connectivity index (χ3v) is 5.66. The summed E-state index contributed by atoms with van der Waals surface area (Å²) in [5.74, 6) is -2.42. The number of rotatable bonds is 7. The van der Waals surface area contributed by atoms with Gasteiger partial charge in [-0.15, -0.1) is 11.3 Å². The number of carbonyl (C=O) groups is 2. The molecule has 0 saturated heterocycles. The number of carboxylic acid groups (broad SMARTS) is 1. The van der Waals surface area contributed by atoms with Gasteiger partial charge in [0.2, 0.25) is 5.91 Å². The maximum Gasteiger partial charge on any atom is 0.230 e. The normalized spacial score (nSPS) is 10.3. The summed E-state index contributed by atoms with van der Waals surface area (Å²) in [6.07, 6.45) is 0. The molecule has 2 aromatic heterocycles. The minimum absolute atomic E-state index is 0.119. The monoisotopic (exact) mass is 426 g/mol. The van der Waals surface area contributed by atoms with Gasteiger partial charge in [-0.3, -0.25) is 4.79 Å². The quantitative estimate of drug-likeness (QED) is 0.582. The lowest BCUT2D eigenvalue weighted by Crippen LogP contribution is -2.38. The lowest BCUT2D eigenvalue weighted by atomic mass is 10.0. The zero-order valence-electron chi connectivity index (χ0n) is 14.8. The summed E-state index contributed by atoms with van der Waals surface area (Å²) in [6.45, 7) is -0.589. The van der Waals surface area contributed by atoms with Crippen molar-refractivity contribution in [1.29, 1.82) is 5.26 Å². The van der Waals surface area contributed by atoms with E-state index in [0.717, 1.165) is 16.6 Å². The van der Waals surface area contributed by atoms with Crippen molar-refractivity contribution in [2.75, 3.05) is 12.3 Å². The van der Waals surface area contributed by atoms with Crippen LogP contribution in [0.4, 0.5) is 4.39 Å². The molecule has 0 atom stereocenters. The Morgan fingerprint density at radius 3 is 2.66 bits per heavy atom. The number of halogens is 1. The molecule has 0 bridgehead atoms. The molecule has 1 N–H and O–H groups in total. The second-order valence-corrected chi connectivity index (χ2v) is 7.68. The summed E-state index contributed by atoms with van der Waals surface area (Å²) in [7, 11) is 0. The molecular weight excluding hydrogens is 413 g/mol. The van der Waals surface area contributed by atoms with Crippen molar-refractivity contribution < 1.29 is 19.1 Å². The summed E-state index contributed by atoms with van der Waals surface area (Å²) in [4.78, 5) is 27.7. The first-order valence-electron chi connectivity index (χ1n) is 8.32. The molecule has 0 aliphatic heterocycles. The van der Waals surface area contributed by atoms with Crippen molar-refractivity contribution in [3.05, 3.63) is 59.2 Å². The summed E-state index contributed by atoms with van der Waals surface area (Å²) in [5.41, 5.74) is 2.10. The molecule has 2 heterocycles. The van der Waals surface area contributed by atoms with Crippen molar-refractivity contribution >= 4 is 35.0 Å². The zero-order chi connectivity index (χ0) is 20.8. The highest BCUT2D eigenvalue weighted by Gasteiger charge is 2.17. The van der Waals surface area contributed by atoms with E-state index in [-0.39, 0.29) is 17.1 Å². The van der Waals surface area contributed by atoms with Gasteiger partial charge in [0, 0.05) is 5.56 Å². The number of hydrogen-bond acceptors (Lipinski definition) is 7. The van der Waals surface area contributed by atoms with E-state index in [4.69, 9.17) is 0 Å². The summed E-state index contributed by atoms with van der Waals surface area (Å²) in [6, 6.07) is 13.4. The molecule has 1 aromatic carbocycles. The first-order valence-corrected chi connectivity index (χ1v) is 10.2. The molecule has 9 heteroatoms. The highest BCUT2D eigenvalue weighted by molar-refractivity contribution is 8.00. The fraction of sp³-hybridized carbons (Fsp3) is 0.100. The van der Waals surface area contributed by atoms with Crippen molar-refractivity contribution in [2.45, 2.75) is 5.03 Å². The molecule has 0 spiro atoms. The molecule has 0 unspecified atom stereocenters. The van der Waals surface area contributed by atoms with Gasteiger partial charge in [0.05, 0.1) is 34.4 Å². The van der Waals surface area contributed by atoms with Crippen LogP contribution in [0.15, 0.2) is 52.9 Å². The van der Waals surface area contributed by atoms with Gasteiger partial charge in [-0.1, -0.05) is 30.0 Å². The Kier molecular flexibility index (Phi) is 6.59. The van der Waals surface area contributed by atoms with Gasteiger partial charge in [-0.05, 0) is 35.2 Å². The second-order valence-electron chi connectivity index (χ2n) is 5.77. The van der Waals surface area contributed by atoms with Crippen LogP contribution in [0.1, 0.15) is 5.56 Å². The molecule has 0 aliphatic carbocycles. The average molecular weight is 426 g/mol. The number of benzene rings is 1. The molecule has 0 saturated carbocycles. The third-order valence-electron chi connectivity index (χ3n) is 3.80. The number of thioether (sulfide) groups is 1. The Hall–Kier alpha value is -3.22. The predicted molar refractivity (Wildman–Crippen MR) is 106 cm³/mol. The number of nitriles is 1. The number of nitrogens with one attached hydrogen (secondary N) is 1. The first-order chi connectivity index (χ1) is 14.0. The molecule has 3 rings (SSSR count). The number of aromatic nitrogens is 1. The number of carboxylic acids is 1. The van der Waals surface area contributed by atoms with Crippen molar-refractivity contribution in [1.82, 2.24) is 10.3 Å². The van der Waals surface area contributed by atoms with Crippen LogP contribution in [-0.4, -0.2) is 29.2 Å². The molecule has 146 valence electrons. The van der Waals surface area contributed by atoms with Crippen LogP contribution >= 0.6 is 23.1 Å². The minimum Gasteiger partial charge on any atom is -0.548 e. The van der Waals surface area contributed by atoms with E-state index in [2.05, 4.69) is 16.4 Å². The van der Waals surface area contributed by atoms with Crippen molar-refractivity contribution in [3.8, 4) is 27.8 Å². The van der Waals surface area contributed by atoms with Crippen LogP contribution in [0.5, 0.6) is 0 Å².